The lowest BCUT2D eigenvalue weighted by molar-refractivity contribution is -0.0196. The minimum Gasteiger partial charge on any atom is -0.377 e. The minimum absolute atomic E-state index is 0.0234. The van der Waals surface area contributed by atoms with E-state index >= 15 is 0 Å². The summed E-state index contributed by atoms with van der Waals surface area (Å²) in [4.78, 5) is 0. The fourth-order valence-corrected chi connectivity index (χ4v) is 4.00. The molecule has 3 aromatic carbocycles. The van der Waals surface area contributed by atoms with E-state index in [0.29, 0.717) is 6.42 Å². The standard InChI is InChI=1S/C26H25NO/c1-20-25(23-15-9-4-10-16-23)27-24(22-13-7-3-8-14-22)19-26(20,28)18-17-21-11-5-2-6-12-21/h2-16,20,24-25,27-28H,19H2,1H3/t20-,24-,25-,26+/m0/s1. The Balaban J connectivity index is 1.72. The molecule has 2 nitrogen and oxygen atoms in total. The van der Waals surface area contributed by atoms with Gasteiger partial charge in [0.25, 0.3) is 0 Å². The van der Waals surface area contributed by atoms with E-state index in [-0.39, 0.29) is 18.0 Å². The van der Waals surface area contributed by atoms with Crippen LogP contribution >= 0.6 is 0 Å². The van der Waals surface area contributed by atoms with Crippen LogP contribution in [0.4, 0.5) is 0 Å². The quantitative estimate of drug-likeness (QED) is 0.633. The Morgan fingerprint density at radius 2 is 1.36 bits per heavy atom. The SMILES string of the molecule is C[C@H]1[C@@H](c2ccccc2)N[C@H](c2ccccc2)C[C@]1(O)C#Cc1ccccc1. The molecule has 1 aliphatic rings. The molecule has 0 amide bonds. The zero-order valence-corrected chi connectivity index (χ0v) is 16.0. The molecular weight excluding hydrogens is 342 g/mol. The summed E-state index contributed by atoms with van der Waals surface area (Å²) >= 11 is 0. The second-order valence-electron chi connectivity index (χ2n) is 7.55. The van der Waals surface area contributed by atoms with Crippen LogP contribution in [0.25, 0.3) is 0 Å². The number of rotatable bonds is 2. The molecule has 2 N–H and O–H groups in total. The van der Waals surface area contributed by atoms with Gasteiger partial charge in [-0.15, -0.1) is 0 Å². The number of piperidine rings is 1. The van der Waals surface area contributed by atoms with Crippen molar-refractivity contribution in [2.45, 2.75) is 31.0 Å². The van der Waals surface area contributed by atoms with Crippen LogP contribution in [0.15, 0.2) is 91.0 Å². The molecule has 1 saturated heterocycles. The molecule has 0 bridgehead atoms. The van der Waals surface area contributed by atoms with Gasteiger partial charge in [-0.1, -0.05) is 97.6 Å². The highest BCUT2D eigenvalue weighted by Crippen LogP contribution is 2.42. The summed E-state index contributed by atoms with van der Waals surface area (Å²) in [6, 6.07) is 30.6. The first-order valence-electron chi connectivity index (χ1n) is 9.82. The number of hydrogen-bond donors (Lipinski definition) is 2. The van der Waals surface area contributed by atoms with E-state index in [2.05, 4.69) is 48.3 Å². The van der Waals surface area contributed by atoms with E-state index in [1.165, 1.54) is 11.1 Å². The summed E-state index contributed by atoms with van der Waals surface area (Å²) in [7, 11) is 0. The molecule has 0 radical (unpaired) electrons. The first-order valence-corrected chi connectivity index (χ1v) is 9.82. The van der Waals surface area contributed by atoms with Crippen molar-refractivity contribution in [1.82, 2.24) is 5.32 Å². The molecule has 0 aromatic heterocycles. The van der Waals surface area contributed by atoms with E-state index in [1.807, 2.05) is 66.7 Å². The zero-order chi connectivity index (χ0) is 19.4. The molecule has 140 valence electrons. The first-order chi connectivity index (χ1) is 13.7. The van der Waals surface area contributed by atoms with Gasteiger partial charge in [0, 0.05) is 30.0 Å². The summed E-state index contributed by atoms with van der Waals surface area (Å²) in [6.07, 6.45) is 0.557. The maximum Gasteiger partial charge on any atom is 0.132 e. The zero-order valence-electron chi connectivity index (χ0n) is 16.0. The molecule has 0 unspecified atom stereocenters. The van der Waals surface area contributed by atoms with Crippen molar-refractivity contribution >= 4 is 0 Å². The Bertz CT molecular complexity index is 959. The van der Waals surface area contributed by atoms with Crippen LogP contribution in [0, 0.1) is 17.8 Å². The number of hydrogen-bond acceptors (Lipinski definition) is 2. The molecule has 2 heteroatoms. The topological polar surface area (TPSA) is 32.3 Å². The van der Waals surface area contributed by atoms with Gasteiger partial charge in [-0.3, -0.25) is 0 Å². The van der Waals surface area contributed by atoms with Crippen molar-refractivity contribution in [2.24, 2.45) is 5.92 Å². The van der Waals surface area contributed by atoms with Gasteiger partial charge in [0.05, 0.1) is 0 Å². The Labute approximate surface area is 167 Å². The lowest BCUT2D eigenvalue weighted by Gasteiger charge is -2.45. The fourth-order valence-electron chi connectivity index (χ4n) is 4.00. The molecule has 0 spiro atoms. The van der Waals surface area contributed by atoms with Crippen LogP contribution in [0.5, 0.6) is 0 Å². The van der Waals surface area contributed by atoms with Gasteiger partial charge in [0.1, 0.15) is 5.60 Å². The van der Waals surface area contributed by atoms with Gasteiger partial charge in [0.15, 0.2) is 0 Å². The summed E-state index contributed by atoms with van der Waals surface area (Å²) in [5, 5.41) is 15.4. The summed E-state index contributed by atoms with van der Waals surface area (Å²) in [6.45, 7) is 2.09. The molecule has 4 atom stereocenters. The highest BCUT2D eigenvalue weighted by Gasteiger charge is 2.45. The summed E-state index contributed by atoms with van der Waals surface area (Å²) in [5.74, 6) is 6.38. The maximum absolute atomic E-state index is 11.7. The highest BCUT2D eigenvalue weighted by atomic mass is 16.3. The van der Waals surface area contributed by atoms with Crippen molar-refractivity contribution in [3.63, 3.8) is 0 Å². The van der Waals surface area contributed by atoms with E-state index in [4.69, 9.17) is 0 Å². The van der Waals surface area contributed by atoms with E-state index in [0.717, 1.165) is 5.56 Å². The minimum atomic E-state index is -1.08. The van der Waals surface area contributed by atoms with Gasteiger partial charge < -0.3 is 10.4 Å². The molecule has 0 aliphatic carbocycles. The molecule has 3 aromatic rings. The lowest BCUT2D eigenvalue weighted by atomic mass is 9.72. The van der Waals surface area contributed by atoms with E-state index in [1.54, 1.807) is 0 Å². The van der Waals surface area contributed by atoms with Gasteiger partial charge in [-0.25, -0.2) is 0 Å². The van der Waals surface area contributed by atoms with E-state index < -0.39 is 5.60 Å². The molecule has 1 fully saturated rings. The molecule has 1 aliphatic heterocycles. The Hall–Kier alpha value is -2.86. The third-order valence-electron chi connectivity index (χ3n) is 5.71. The first kappa shape index (κ1) is 18.5. The fraction of sp³-hybridized carbons (Fsp3) is 0.231. The molecule has 28 heavy (non-hydrogen) atoms. The largest absolute Gasteiger partial charge is 0.377 e. The third-order valence-corrected chi connectivity index (χ3v) is 5.71. The van der Waals surface area contributed by atoms with Crippen LogP contribution in [0.3, 0.4) is 0 Å². The van der Waals surface area contributed by atoms with Gasteiger partial charge in [-0.05, 0) is 23.3 Å². The molecule has 1 heterocycles. The maximum atomic E-state index is 11.7. The predicted octanol–water partition coefficient (Wildman–Crippen LogP) is 4.88. The number of aliphatic hydroxyl groups is 1. The lowest BCUT2D eigenvalue weighted by Crippen LogP contribution is -2.51. The third kappa shape index (κ3) is 3.87. The normalized spacial score (nSPS) is 26.9. The molecular formula is C26H25NO. The number of benzene rings is 3. The van der Waals surface area contributed by atoms with E-state index in [9.17, 15) is 5.11 Å². The van der Waals surface area contributed by atoms with Crippen molar-refractivity contribution in [3.8, 4) is 11.8 Å². The summed E-state index contributed by atoms with van der Waals surface area (Å²) in [5.41, 5.74) is 2.20. The van der Waals surface area contributed by atoms with Crippen molar-refractivity contribution in [1.29, 1.82) is 0 Å². The van der Waals surface area contributed by atoms with Crippen LogP contribution < -0.4 is 5.32 Å². The Kier molecular flexibility index (Phi) is 5.30. The van der Waals surface area contributed by atoms with Gasteiger partial charge in [-0.2, -0.15) is 0 Å². The van der Waals surface area contributed by atoms with Gasteiger partial charge in [0.2, 0.25) is 0 Å². The number of nitrogens with one attached hydrogen (secondary N) is 1. The monoisotopic (exact) mass is 367 g/mol. The average molecular weight is 367 g/mol. The second kappa shape index (κ2) is 8.02. The van der Waals surface area contributed by atoms with Crippen molar-refractivity contribution in [2.75, 3.05) is 0 Å². The Morgan fingerprint density at radius 3 is 1.96 bits per heavy atom. The average Bonchev–Trinajstić information content (AvgIpc) is 2.76. The predicted molar refractivity (Wildman–Crippen MR) is 114 cm³/mol. The van der Waals surface area contributed by atoms with Crippen LogP contribution in [-0.2, 0) is 0 Å². The van der Waals surface area contributed by atoms with Gasteiger partial charge >= 0.3 is 0 Å². The van der Waals surface area contributed by atoms with Crippen molar-refractivity contribution < 1.29 is 5.11 Å². The highest BCUT2D eigenvalue weighted by molar-refractivity contribution is 5.38. The van der Waals surface area contributed by atoms with Crippen LogP contribution in [0.2, 0.25) is 0 Å². The molecule has 4 rings (SSSR count). The van der Waals surface area contributed by atoms with Crippen LogP contribution in [-0.4, -0.2) is 10.7 Å². The second-order valence-corrected chi connectivity index (χ2v) is 7.55. The smallest absolute Gasteiger partial charge is 0.132 e. The summed E-state index contributed by atoms with van der Waals surface area (Å²) < 4.78 is 0. The van der Waals surface area contributed by atoms with Crippen LogP contribution in [0.1, 0.15) is 42.1 Å². The Morgan fingerprint density at radius 1 is 0.821 bits per heavy atom. The molecule has 0 saturated carbocycles. The van der Waals surface area contributed by atoms with Crippen molar-refractivity contribution in [3.05, 3.63) is 108 Å².